The first-order valence-electron chi connectivity index (χ1n) is 5.96. The SMILES string of the molecule is CCc1ccc(N)cc1S(=O)(=O)Nc1cccc(Cl)n1. The van der Waals surface area contributed by atoms with E-state index >= 15 is 0 Å². The van der Waals surface area contributed by atoms with Crippen LogP contribution in [-0.4, -0.2) is 13.4 Å². The number of nitrogens with one attached hydrogen (secondary N) is 1. The summed E-state index contributed by atoms with van der Waals surface area (Å²) >= 11 is 5.74. The summed E-state index contributed by atoms with van der Waals surface area (Å²) in [5, 5.41) is 0.216. The average Bonchev–Trinajstić information content (AvgIpc) is 2.38. The van der Waals surface area contributed by atoms with Gasteiger partial charge < -0.3 is 5.73 Å². The molecular formula is C13H14ClN3O2S. The summed E-state index contributed by atoms with van der Waals surface area (Å²) in [6.45, 7) is 1.88. The Morgan fingerprint density at radius 1 is 1.30 bits per heavy atom. The predicted octanol–water partition coefficient (Wildman–Crippen LogP) is 2.68. The lowest BCUT2D eigenvalue weighted by atomic mass is 10.1. The Balaban J connectivity index is 2.43. The van der Waals surface area contributed by atoms with Gasteiger partial charge in [0, 0.05) is 5.69 Å². The fraction of sp³-hybridized carbons (Fsp3) is 0.154. The van der Waals surface area contributed by atoms with Crippen LogP contribution >= 0.6 is 11.6 Å². The zero-order chi connectivity index (χ0) is 14.8. The zero-order valence-corrected chi connectivity index (χ0v) is 12.4. The van der Waals surface area contributed by atoms with E-state index in [9.17, 15) is 8.42 Å². The summed E-state index contributed by atoms with van der Waals surface area (Å²) < 4.78 is 27.2. The van der Waals surface area contributed by atoms with E-state index in [-0.39, 0.29) is 15.9 Å². The number of hydrogen-bond acceptors (Lipinski definition) is 4. The van der Waals surface area contributed by atoms with Gasteiger partial charge in [0.15, 0.2) is 0 Å². The van der Waals surface area contributed by atoms with Crippen molar-refractivity contribution in [3.05, 3.63) is 47.1 Å². The van der Waals surface area contributed by atoms with Crippen LogP contribution in [0.15, 0.2) is 41.3 Å². The molecule has 1 heterocycles. The summed E-state index contributed by atoms with van der Waals surface area (Å²) in [5.41, 5.74) is 6.75. The van der Waals surface area contributed by atoms with E-state index in [0.29, 0.717) is 17.7 Å². The van der Waals surface area contributed by atoms with Crippen LogP contribution in [0.5, 0.6) is 0 Å². The molecule has 0 amide bonds. The summed E-state index contributed by atoms with van der Waals surface area (Å²) in [4.78, 5) is 4.06. The third kappa shape index (κ3) is 3.20. The highest BCUT2D eigenvalue weighted by atomic mass is 35.5. The van der Waals surface area contributed by atoms with Crippen molar-refractivity contribution in [2.24, 2.45) is 0 Å². The molecule has 0 unspecified atom stereocenters. The molecule has 0 atom stereocenters. The summed E-state index contributed by atoms with van der Waals surface area (Å²) in [6.07, 6.45) is 0.583. The molecule has 0 radical (unpaired) electrons. The standard InChI is InChI=1S/C13H14ClN3O2S/c1-2-9-6-7-10(15)8-11(9)20(18,19)17-13-5-3-4-12(14)16-13/h3-8H,2,15H2,1H3,(H,16,17). The molecule has 1 aromatic carbocycles. The van der Waals surface area contributed by atoms with E-state index in [4.69, 9.17) is 17.3 Å². The maximum atomic E-state index is 12.4. The number of benzene rings is 1. The minimum atomic E-state index is -3.75. The Bertz CT molecular complexity index is 732. The lowest BCUT2D eigenvalue weighted by Gasteiger charge is -2.11. The van der Waals surface area contributed by atoms with E-state index in [0.717, 1.165) is 0 Å². The Labute approximate surface area is 122 Å². The third-order valence-electron chi connectivity index (χ3n) is 2.72. The van der Waals surface area contributed by atoms with Crippen molar-refractivity contribution in [3.8, 4) is 0 Å². The molecule has 0 aliphatic heterocycles. The van der Waals surface area contributed by atoms with Crippen LogP contribution in [0.25, 0.3) is 0 Å². The van der Waals surface area contributed by atoms with Gasteiger partial charge >= 0.3 is 0 Å². The van der Waals surface area contributed by atoms with Crippen LogP contribution in [0.1, 0.15) is 12.5 Å². The maximum absolute atomic E-state index is 12.4. The molecule has 0 saturated heterocycles. The molecule has 0 spiro atoms. The second-order valence-electron chi connectivity index (χ2n) is 4.17. The number of sulfonamides is 1. The summed E-state index contributed by atoms with van der Waals surface area (Å²) in [5.74, 6) is 0.168. The lowest BCUT2D eigenvalue weighted by molar-refractivity contribution is 0.600. The number of aryl methyl sites for hydroxylation is 1. The topological polar surface area (TPSA) is 85.1 Å². The lowest BCUT2D eigenvalue weighted by Crippen LogP contribution is -2.16. The molecule has 0 saturated carbocycles. The van der Waals surface area contributed by atoms with E-state index in [2.05, 4.69) is 9.71 Å². The fourth-order valence-electron chi connectivity index (χ4n) is 1.77. The van der Waals surface area contributed by atoms with E-state index in [1.165, 1.54) is 12.1 Å². The molecular weight excluding hydrogens is 298 g/mol. The molecule has 0 fully saturated rings. The van der Waals surface area contributed by atoms with Gasteiger partial charge in [-0.25, -0.2) is 13.4 Å². The molecule has 2 rings (SSSR count). The van der Waals surface area contributed by atoms with Gasteiger partial charge in [-0.2, -0.15) is 0 Å². The van der Waals surface area contributed by atoms with Crippen LogP contribution in [0, 0.1) is 0 Å². The molecule has 5 nitrogen and oxygen atoms in total. The number of rotatable bonds is 4. The molecule has 1 aromatic heterocycles. The van der Waals surface area contributed by atoms with Crippen LogP contribution in [0.2, 0.25) is 5.15 Å². The monoisotopic (exact) mass is 311 g/mol. The van der Waals surface area contributed by atoms with E-state index in [1.54, 1.807) is 24.3 Å². The van der Waals surface area contributed by atoms with Gasteiger partial charge in [-0.3, -0.25) is 4.72 Å². The number of hydrogen-bond donors (Lipinski definition) is 2. The number of anilines is 2. The highest BCUT2D eigenvalue weighted by Gasteiger charge is 2.19. The van der Waals surface area contributed by atoms with Crippen LogP contribution in [-0.2, 0) is 16.4 Å². The molecule has 3 N–H and O–H groups in total. The molecule has 2 aromatic rings. The Morgan fingerprint density at radius 2 is 2.05 bits per heavy atom. The van der Waals surface area contributed by atoms with E-state index in [1.807, 2.05) is 6.92 Å². The van der Waals surface area contributed by atoms with Gasteiger partial charge in [0.25, 0.3) is 10.0 Å². The summed E-state index contributed by atoms with van der Waals surface area (Å²) in [7, 11) is -3.75. The van der Waals surface area contributed by atoms with Gasteiger partial charge in [0.2, 0.25) is 0 Å². The van der Waals surface area contributed by atoms with Crippen molar-refractivity contribution < 1.29 is 8.42 Å². The second-order valence-corrected chi connectivity index (χ2v) is 6.21. The minimum absolute atomic E-state index is 0.154. The number of nitrogen functional groups attached to an aromatic ring is 1. The number of nitrogens with two attached hydrogens (primary N) is 1. The van der Waals surface area contributed by atoms with Crippen molar-refractivity contribution in [1.29, 1.82) is 0 Å². The van der Waals surface area contributed by atoms with Gasteiger partial charge in [-0.15, -0.1) is 0 Å². The number of aromatic nitrogens is 1. The Morgan fingerprint density at radius 3 is 2.70 bits per heavy atom. The normalized spacial score (nSPS) is 11.3. The molecule has 106 valence electrons. The highest BCUT2D eigenvalue weighted by molar-refractivity contribution is 7.92. The molecule has 7 heteroatoms. The van der Waals surface area contributed by atoms with Gasteiger partial charge in [0.05, 0.1) is 4.90 Å². The average molecular weight is 312 g/mol. The highest BCUT2D eigenvalue weighted by Crippen LogP contribution is 2.22. The first-order valence-corrected chi connectivity index (χ1v) is 7.82. The van der Waals surface area contributed by atoms with Crippen LogP contribution in [0.3, 0.4) is 0 Å². The minimum Gasteiger partial charge on any atom is -0.399 e. The van der Waals surface area contributed by atoms with E-state index < -0.39 is 10.0 Å². The number of pyridine rings is 1. The Hall–Kier alpha value is -1.79. The molecule has 0 bridgehead atoms. The van der Waals surface area contributed by atoms with Gasteiger partial charge in [-0.1, -0.05) is 30.7 Å². The zero-order valence-electron chi connectivity index (χ0n) is 10.8. The quantitative estimate of drug-likeness (QED) is 0.671. The van der Waals surface area contributed by atoms with Crippen LogP contribution < -0.4 is 10.5 Å². The van der Waals surface area contributed by atoms with Gasteiger partial charge in [-0.05, 0) is 36.2 Å². The summed E-state index contributed by atoms with van der Waals surface area (Å²) in [6, 6.07) is 9.53. The first-order chi connectivity index (χ1) is 9.42. The third-order valence-corrected chi connectivity index (χ3v) is 4.36. The van der Waals surface area contributed by atoms with Gasteiger partial charge in [0.1, 0.15) is 11.0 Å². The number of halogens is 1. The first kappa shape index (κ1) is 14.6. The Kier molecular flexibility index (Phi) is 4.15. The largest absolute Gasteiger partial charge is 0.399 e. The maximum Gasteiger partial charge on any atom is 0.263 e. The molecule has 0 aliphatic carbocycles. The fourth-order valence-corrected chi connectivity index (χ4v) is 3.28. The van der Waals surface area contributed by atoms with Crippen molar-refractivity contribution in [1.82, 2.24) is 4.98 Å². The van der Waals surface area contributed by atoms with Crippen molar-refractivity contribution >= 4 is 33.1 Å². The van der Waals surface area contributed by atoms with Crippen molar-refractivity contribution in [2.75, 3.05) is 10.5 Å². The predicted molar refractivity (Wildman–Crippen MR) is 80.3 cm³/mol. The van der Waals surface area contributed by atoms with Crippen molar-refractivity contribution in [2.45, 2.75) is 18.2 Å². The smallest absolute Gasteiger partial charge is 0.263 e. The molecule has 0 aliphatic rings. The van der Waals surface area contributed by atoms with Crippen molar-refractivity contribution in [3.63, 3.8) is 0 Å². The van der Waals surface area contributed by atoms with Crippen LogP contribution in [0.4, 0.5) is 11.5 Å². The number of nitrogens with zero attached hydrogens (tertiary/aromatic N) is 1. The second kappa shape index (κ2) is 5.68. The molecule has 20 heavy (non-hydrogen) atoms.